The summed E-state index contributed by atoms with van der Waals surface area (Å²) in [5, 5.41) is 0. The number of hydrogen-bond acceptors (Lipinski definition) is 0. The van der Waals surface area contributed by atoms with E-state index < -0.39 is 0 Å². The molecule has 0 atom stereocenters. The molecule has 0 aliphatic carbocycles. The van der Waals surface area contributed by atoms with Crippen LogP contribution in [0.5, 0.6) is 0 Å². The third kappa shape index (κ3) is 9.12. The summed E-state index contributed by atoms with van der Waals surface area (Å²) in [4.78, 5) is 0. The van der Waals surface area contributed by atoms with Crippen molar-refractivity contribution in [3.05, 3.63) is 66.3 Å². The van der Waals surface area contributed by atoms with Gasteiger partial charge in [0.25, 0.3) is 0 Å². The molecule has 22 heavy (non-hydrogen) atoms. The zero-order valence-electron chi connectivity index (χ0n) is 15.4. The van der Waals surface area contributed by atoms with Gasteiger partial charge < -0.3 is 0 Å². The van der Waals surface area contributed by atoms with E-state index in [4.69, 9.17) is 0 Å². The zero-order valence-corrected chi connectivity index (χ0v) is 15.4. The van der Waals surface area contributed by atoms with Gasteiger partial charge in [0.05, 0.1) is 7.18 Å². The van der Waals surface area contributed by atoms with E-state index in [1.807, 2.05) is 53.7 Å². The molecule has 0 bridgehead atoms. The van der Waals surface area contributed by atoms with Gasteiger partial charge in [-0.2, -0.15) is 0 Å². The third-order valence-corrected chi connectivity index (χ3v) is 2.39. The Morgan fingerprint density at radius 2 is 1.27 bits per heavy atom. The summed E-state index contributed by atoms with van der Waals surface area (Å²) in [5.41, 5.74) is 4.49. The number of alkyl halides is 1. The highest BCUT2D eigenvalue weighted by Crippen LogP contribution is 2.25. The minimum Gasteiger partial charge on any atom is -0.255 e. The Morgan fingerprint density at radius 3 is 1.55 bits per heavy atom. The van der Waals surface area contributed by atoms with Crippen LogP contribution in [-0.2, 0) is 0 Å². The van der Waals surface area contributed by atoms with Crippen molar-refractivity contribution in [3.8, 4) is 0 Å². The maximum Gasteiger partial charge on any atom is 0.0785 e. The lowest BCUT2D eigenvalue weighted by Gasteiger charge is -2.10. The van der Waals surface area contributed by atoms with E-state index in [-0.39, 0.29) is 0 Å². The maximum atomic E-state index is 9.50. The van der Waals surface area contributed by atoms with Crippen LogP contribution in [0.25, 0.3) is 17.7 Å². The minimum atomic E-state index is 0.500. The van der Waals surface area contributed by atoms with E-state index in [1.54, 1.807) is 6.08 Å². The van der Waals surface area contributed by atoms with Gasteiger partial charge >= 0.3 is 0 Å². The number of allylic oxidation sites excluding steroid dienone is 4. The predicted octanol–water partition coefficient (Wildman–Crippen LogP) is 7.59. The van der Waals surface area contributed by atoms with Gasteiger partial charge in [-0.3, -0.25) is 4.39 Å². The van der Waals surface area contributed by atoms with Crippen molar-refractivity contribution in [1.82, 2.24) is 0 Å². The fourth-order valence-corrected chi connectivity index (χ4v) is 1.70. The molecule has 1 rings (SSSR count). The Morgan fingerprint density at radius 1 is 0.909 bits per heavy atom. The van der Waals surface area contributed by atoms with E-state index in [9.17, 15) is 4.39 Å². The summed E-state index contributed by atoms with van der Waals surface area (Å²) in [6.45, 7) is 19.9. The summed E-state index contributed by atoms with van der Waals surface area (Å²) in [6.07, 6.45) is 10.1. The lowest BCUT2D eigenvalue weighted by molar-refractivity contribution is 0.636. The van der Waals surface area contributed by atoms with Crippen molar-refractivity contribution in [2.24, 2.45) is 0 Å². The molecule has 1 aromatic rings. The highest BCUT2D eigenvalue weighted by Gasteiger charge is 2.05. The van der Waals surface area contributed by atoms with Gasteiger partial charge in [-0.1, -0.05) is 89.4 Å². The second-order valence-electron chi connectivity index (χ2n) is 3.54. The van der Waals surface area contributed by atoms with Gasteiger partial charge in [-0.25, -0.2) is 0 Å². The molecule has 0 saturated heterocycles. The fraction of sp³-hybridized carbons (Fsp3) is 0.333. The molecule has 0 spiro atoms. The Balaban J connectivity index is -0.000000535. The minimum absolute atomic E-state index is 0.500. The lowest BCUT2D eigenvalue weighted by Crippen LogP contribution is -1.90. The molecule has 0 nitrogen and oxygen atoms in total. The van der Waals surface area contributed by atoms with Crippen LogP contribution in [0.1, 0.15) is 58.2 Å². The molecule has 0 amide bonds. The molecule has 0 aromatic heterocycles. The van der Waals surface area contributed by atoms with Gasteiger partial charge in [0, 0.05) is 0 Å². The topological polar surface area (TPSA) is 0 Å². The molecule has 0 fully saturated rings. The Bertz CT molecular complexity index is 421. The molecular weight excluding hydrogens is 271 g/mol. The van der Waals surface area contributed by atoms with Crippen LogP contribution in [0.15, 0.2) is 49.6 Å². The van der Waals surface area contributed by atoms with Crippen molar-refractivity contribution < 1.29 is 4.39 Å². The number of benzene rings is 1. The van der Waals surface area contributed by atoms with Gasteiger partial charge in [-0.05, 0) is 36.1 Å². The Labute approximate surface area is 137 Å². The summed E-state index contributed by atoms with van der Waals surface area (Å²) in [7, 11) is 0.500. The van der Waals surface area contributed by atoms with Crippen LogP contribution in [0.2, 0.25) is 0 Å². The van der Waals surface area contributed by atoms with Gasteiger partial charge in [0.2, 0.25) is 0 Å². The van der Waals surface area contributed by atoms with E-state index in [0.717, 1.165) is 11.1 Å². The average Bonchev–Trinajstić information content (AvgIpc) is 2.60. The van der Waals surface area contributed by atoms with Crippen molar-refractivity contribution in [2.75, 3.05) is 7.18 Å². The van der Waals surface area contributed by atoms with E-state index in [1.165, 1.54) is 11.1 Å². The second-order valence-corrected chi connectivity index (χ2v) is 3.54. The third-order valence-electron chi connectivity index (χ3n) is 2.39. The smallest absolute Gasteiger partial charge is 0.0785 e. The molecule has 1 aromatic carbocycles. The van der Waals surface area contributed by atoms with Crippen LogP contribution < -0.4 is 0 Å². The standard InChI is InChI=1S/C16H18.2C2H6.CH3F/c1-5-9-14-11-8-12-15(10-6-2)16(14)13(4)7-3;3*1-2/h5-12H,3-4H2,1-2H3;2*1-2H3;1H3/b9-5-,10-6-;;;. The largest absolute Gasteiger partial charge is 0.255 e. The maximum absolute atomic E-state index is 9.50. The van der Waals surface area contributed by atoms with Crippen LogP contribution in [0.3, 0.4) is 0 Å². The molecule has 0 N–H and O–H groups in total. The highest BCUT2D eigenvalue weighted by molar-refractivity contribution is 5.84. The highest BCUT2D eigenvalue weighted by atomic mass is 19.1. The van der Waals surface area contributed by atoms with Crippen molar-refractivity contribution in [3.63, 3.8) is 0 Å². The van der Waals surface area contributed by atoms with Crippen molar-refractivity contribution >= 4 is 17.7 Å². The quantitative estimate of drug-likeness (QED) is 0.502. The molecule has 1 heteroatoms. The SMILES string of the molecule is C=CC(=C)c1c(/C=C\C)cccc1/C=C\C.CC.CC.CF. The van der Waals surface area contributed by atoms with Crippen molar-refractivity contribution in [2.45, 2.75) is 41.5 Å². The molecule has 0 unspecified atom stereocenters. The van der Waals surface area contributed by atoms with Gasteiger partial charge in [0.15, 0.2) is 0 Å². The second kappa shape index (κ2) is 19.1. The molecule has 0 saturated carbocycles. The monoisotopic (exact) mass is 304 g/mol. The lowest BCUT2D eigenvalue weighted by atomic mass is 9.94. The summed E-state index contributed by atoms with van der Waals surface area (Å²) < 4.78 is 9.50. The number of hydrogen-bond donors (Lipinski definition) is 0. The van der Waals surface area contributed by atoms with E-state index in [2.05, 4.69) is 43.5 Å². The molecule has 0 heterocycles. The van der Waals surface area contributed by atoms with Crippen LogP contribution >= 0.6 is 0 Å². The summed E-state index contributed by atoms with van der Waals surface area (Å²) in [5.74, 6) is 0. The predicted molar refractivity (Wildman–Crippen MR) is 105 cm³/mol. The van der Waals surface area contributed by atoms with Crippen LogP contribution in [0.4, 0.5) is 4.39 Å². The zero-order chi connectivity index (χ0) is 18.0. The summed E-state index contributed by atoms with van der Waals surface area (Å²) in [6, 6.07) is 6.25. The molecule has 0 radical (unpaired) electrons. The van der Waals surface area contributed by atoms with E-state index >= 15 is 0 Å². The number of rotatable bonds is 4. The summed E-state index contributed by atoms with van der Waals surface area (Å²) >= 11 is 0. The number of halogens is 1. The first-order valence-corrected chi connectivity index (χ1v) is 7.82. The van der Waals surface area contributed by atoms with E-state index in [0.29, 0.717) is 7.18 Å². The first-order valence-electron chi connectivity index (χ1n) is 7.82. The fourth-order valence-electron chi connectivity index (χ4n) is 1.70. The van der Waals surface area contributed by atoms with Crippen LogP contribution in [0, 0.1) is 0 Å². The van der Waals surface area contributed by atoms with Crippen LogP contribution in [-0.4, -0.2) is 7.18 Å². The Hall–Kier alpha value is -1.89. The average molecular weight is 304 g/mol. The normalized spacial score (nSPS) is 8.91. The first kappa shape index (κ1) is 25.1. The van der Waals surface area contributed by atoms with Gasteiger partial charge in [-0.15, -0.1) is 0 Å². The van der Waals surface area contributed by atoms with Gasteiger partial charge in [0.1, 0.15) is 0 Å². The molecule has 124 valence electrons. The first-order chi connectivity index (χ1) is 10.7. The molecule has 0 aliphatic heterocycles. The molecule has 0 aliphatic rings. The Kier molecular flexibility index (Phi) is 21.8. The van der Waals surface area contributed by atoms with Crippen molar-refractivity contribution in [1.29, 1.82) is 0 Å². The molecular formula is C21H33F.